The van der Waals surface area contributed by atoms with Crippen molar-refractivity contribution in [3.63, 3.8) is 0 Å². The van der Waals surface area contributed by atoms with Crippen molar-refractivity contribution >= 4 is 27.0 Å². The molecule has 0 amide bonds. The van der Waals surface area contributed by atoms with Crippen LogP contribution in [-0.4, -0.2) is 31.5 Å². The van der Waals surface area contributed by atoms with E-state index < -0.39 is 21.3 Å². The van der Waals surface area contributed by atoms with Gasteiger partial charge in [0.25, 0.3) is 5.56 Å². The molecule has 0 aliphatic rings. The van der Waals surface area contributed by atoms with Gasteiger partial charge in [0.15, 0.2) is 11.2 Å². The summed E-state index contributed by atoms with van der Waals surface area (Å²) in [4.78, 5) is 30.2. The van der Waals surface area contributed by atoms with Crippen LogP contribution in [0.3, 0.4) is 0 Å². The summed E-state index contributed by atoms with van der Waals surface area (Å²) in [5.74, 6) is 0.432. The van der Waals surface area contributed by atoms with Gasteiger partial charge in [0, 0.05) is 31.2 Å². The van der Waals surface area contributed by atoms with Crippen LogP contribution in [0.15, 0.2) is 57.1 Å². The average molecular weight is 428 g/mol. The number of aromatic nitrogens is 5. The number of allylic oxidation sites excluding steroid dienone is 2. The zero-order chi connectivity index (χ0) is 21.8. The van der Waals surface area contributed by atoms with Crippen LogP contribution in [0.4, 0.5) is 0 Å². The molecule has 30 heavy (non-hydrogen) atoms. The lowest BCUT2D eigenvalue weighted by Gasteiger charge is -2.07. The Bertz CT molecular complexity index is 1550. The van der Waals surface area contributed by atoms with Gasteiger partial charge >= 0.3 is 5.69 Å². The quantitative estimate of drug-likeness (QED) is 0.478. The lowest BCUT2D eigenvalue weighted by atomic mass is 10.3. The van der Waals surface area contributed by atoms with Crippen LogP contribution in [0.2, 0.25) is 0 Å². The fourth-order valence-corrected chi connectivity index (χ4v) is 4.00. The standard InChI is InChI=1S/C19H20N6O4S/c1-4-5-10-23-17(26)15-16(22(3)19(23)27)21-18-24(15)11-12(2)25(18)13-6-8-14(9-7-13)30(20,28)29/h4-9,11H,10H2,1-3H3,(H2,20,28,29)/b5-4+. The Morgan fingerprint density at radius 3 is 2.43 bits per heavy atom. The van der Waals surface area contributed by atoms with Crippen molar-refractivity contribution in [1.29, 1.82) is 0 Å². The molecule has 0 spiro atoms. The Kier molecular flexibility index (Phi) is 4.51. The first kappa shape index (κ1) is 19.9. The summed E-state index contributed by atoms with van der Waals surface area (Å²) in [5.41, 5.74) is 1.10. The number of nitrogens with zero attached hydrogens (tertiary/aromatic N) is 5. The van der Waals surface area contributed by atoms with Crippen LogP contribution in [0.1, 0.15) is 12.6 Å². The number of hydrogen-bond donors (Lipinski definition) is 1. The summed E-state index contributed by atoms with van der Waals surface area (Å²) in [6, 6.07) is 6.02. The van der Waals surface area contributed by atoms with E-state index in [1.54, 1.807) is 46.5 Å². The summed E-state index contributed by atoms with van der Waals surface area (Å²) in [6.45, 7) is 3.82. The first-order valence-corrected chi connectivity index (χ1v) is 10.6. The van der Waals surface area contributed by atoms with Gasteiger partial charge in [-0.05, 0) is 38.1 Å². The van der Waals surface area contributed by atoms with Gasteiger partial charge in [-0.15, -0.1) is 0 Å². The lowest BCUT2D eigenvalue weighted by molar-refractivity contribution is 0.598. The van der Waals surface area contributed by atoms with Gasteiger partial charge in [0.2, 0.25) is 15.8 Å². The number of rotatable bonds is 4. The molecule has 2 N–H and O–H groups in total. The smallest absolute Gasteiger partial charge is 0.283 e. The predicted octanol–water partition coefficient (Wildman–Crippen LogP) is 0.671. The van der Waals surface area contributed by atoms with E-state index in [1.807, 2.05) is 13.8 Å². The third-order valence-corrected chi connectivity index (χ3v) is 5.90. The van der Waals surface area contributed by atoms with Gasteiger partial charge in [0.1, 0.15) is 0 Å². The average Bonchev–Trinajstić information content (AvgIpc) is 3.20. The number of fused-ring (bicyclic) bond motifs is 3. The molecule has 0 radical (unpaired) electrons. The van der Waals surface area contributed by atoms with Crippen LogP contribution >= 0.6 is 0 Å². The number of imidazole rings is 2. The highest BCUT2D eigenvalue weighted by molar-refractivity contribution is 7.89. The molecule has 10 nitrogen and oxygen atoms in total. The van der Waals surface area contributed by atoms with Gasteiger partial charge < -0.3 is 0 Å². The third kappa shape index (κ3) is 2.90. The Hall–Kier alpha value is -3.44. The molecule has 4 aromatic rings. The first-order valence-electron chi connectivity index (χ1n) is 9.09. The molecule has 3 aromatic heterocycles. The number of nitrogens with two attached hydrogens (primary N) is 1. The SMILES string of the molecule is C/C=C/Cn1c(=O)c2c(nc3n(-c4ccc(S(N)(=O)=O)cc4)c(C)cn23)n(C)c1=O. The maximum atomic E-state index is 13.1. The molecule has 0 saturated heterocycles. The molecule has 1 aromatic carbocycles. The molecule has 0 atom stereocenters. The molecule has 0 saturated carbocycles. The molecule has 0 aliphatic carbocycles. The number of sulfonamides is 1. The normalized spacial score (nSPS) is 12.5. The van der Waals surface area contributed by atoms with Crippen molar-refractivity contribution in [2.24, 2.45) is 12.2 Å². The second-order valence-electron chi connectivity index (χ2n) is 6.93. The third-order valence-electron chi connectivity index (χ3n) is 4.97. The van der Waals surface area contributed by atoms with E-state index in [0.29, 0.717) is 17.0 Å². The molecule has 0 bridgehead atoms. The summed E-state index contributed by atoms with van der Waals surface area (Å²) < 4.78 is 29.0. The Morgan fingerprint density at radius 2 is 1.83 bits per heavy atom. The van der Waals surface area contributed by atoms with E-state index in [-0.39, 0.29) is 17.1 Å². The van der Waals surface area contributed by atoms with Crippen molar-refractivity contribution in [1.82, 2.24) is 23.1 Å². The maximum Gasteiger partial charge on any atom is 0.332 e. The highest BCUT2D eigenvalue weighted by atomic mass is 32.2. The predicted molar refractivity (Wildman–Crippen MR) is 112 cm³/mol. The fraction of sp³-hybridized carbons (Fsp3) is 0.211. The first-order chi connectivity index (χ1) is 14.1. The molecule has 0 fully saturated rings. The van der Waals surface area contributed by atoms with Crippen molar-refractivity contribution in [2.45, 2.75) is 25.3 Å². The summed E-state index contributed by atoms with van der Waals surface area (Å²) in [7, 11) is -2.24. The van der Waals surface area contributed by atoms with Gasteiger partial charge in [-0.25, -0.2) is 18.4 Å². The van der Waals surface area contributed by atoms with Crippen LogP contribution < -0.4 is 16.4 Å². The van der Waals surface area contributed by atoms with Crippen molar-refractivity contribution in [3.8, 4) is 5.69 Å². The van der Waals surface area contributed by atoms with Gasteiger partial charge in [-0.1, -0.05) is 12.2 Å². The second-order valence-corrected chi connectivity index (χ2v) is 8.49. The van der Waals surface area contributed by atoms with E-state index >= 15 is 0 Å². The minimum atomic E-state index is -3.81. The minimum absolute atomic E-state index is 0.00477. The summed E-state index contributed by atoms with van der Waals surface area (Å²) in [5, 5.41) is 5.17. The highest BCUT2D eigenvalue weighted by Gasteiger charge is 2.20. The molecular formula is C19H20N6O4S. The largest absolute Gasteiger partial charge is 0.332 e. The zero-order valence-electron chi connectivity index (χ0n) is 16.6. The van der Waals surface area contributed by atoms with Crippen molar-refractivity contribution in [3.05, 3.63) is 69.1 Å². The lowest BCUT2D eigenvalue weighted by Crippen LogP contribution is -2.39. The monoisotopic (exact) mass is 428 g/mol. The molecular weight excluding hydrogens is 408 g/mol. The minimum Gasteiger partial charge on any atom is -0.283 e. The molecule has 156 valence electrons. The van der Waals surface area contributed by atoms with E-state index in [2.05, 4.69) is 4.98 Å². The van der Waals surface area contributed by atoms with Crippen LogP contribution in [0.5, 0.6) is 0 Å². The van der Waals surface area contributed by atoms with E-state index in [1.165, 1.54) is 16.7 Å². The summed E-state index contributed by atoms with van der Waals surface area (Å²) >= 11 is 0. The summed E-state index contributed by atoms with van der Waals surface area (Å²) in [6.07, 6.45) is 5.26. The zero-order valence-corrected chi connectivity index (χ0v) is 17.4. The van der Waals surface area contributed by atoms with Crippen molar-refractivity contribution in [2.75, 3.05) is 0 Å². The van der Waals surface area contributed by atoms with Crippen molar-refractivity contribution < 1.29 is 8.42 Å². The Balaban J connectivity index is 2.03. The van der Waals surface area contributed by atoms with Gasteiger partial charge in [-0.2, -0.15) is 4.98 Å². The van der Waals surface area contributed by atoms with Gasteiger partial charge in [0.05, 0.1) is 4.90 Å². The van der Waals surface area contributed by atoms with Crippen LogP contribution in [0, 0.1) is 6.92 Å². The topological polar surface area (TPSA) is 126 Å². The number of aryl methyl sites for hydroxylation is 2. The van der Waals surface area contributed by atoms with E-state index in [9.17, 15) is 18.0 Å². The maximum absolute atomic E-state index is 13.1. The Morgan fingerprint density at radius 1 is 1.17 bits per heavy atom. The fourth-order valence-electron chi connectivity index (χ4n) is 3.49. The van der Waals surface area contributed by atoms with Gasteiger partial charge in [-0.3, -0.25) is 22.9 Å². The molecule has 4 rings (SSSR count). The second kappa shape index (κ2) is 6.82. The molecule has 0 unspecified atom stereocenters. The molecule has 11 heteroatoms. The number of hydrogen-bond acceptors (Lipinski definition) is 5. The van der Waals surface area contributed by atoms with E-state index in [4.69, 9.17) is 5.14 Å². The Labute approximate surface area is 171 Å². The number of benzene rings is 1. The van der Waals surface area contributed by atoms with Crippen LogP contribution in [-0.2, 0) is 23.6 Å². The molecule has 3 heterocycles. The van der Waals surface area contributed by atoms with E-state index in [0.717, 1.165) is 10.3 Å². The number of primary sulfonamides is 1. The highest BCUT2D eigenvalue weighted by Crippen LogP contribution is 2.22. The van der Waals surface area contributed by atoms with Crippen LogP contribution in [0.25, 0.3) is 22.6 Å². The molecule has 0 aliphatic heterocycles.